The Labute approximate surface area is 265 Å². The molecule has 0 heterocycles. The predicted molar refractivity (Wildman–Crippen MR) is 176 cm³/mol. The fourth-order valence-electron chi connectivity index (χ4n) is 4.93. The van der Waals surface area contributed by atoms with Crippen molar-refractivity contribution in [2.75, 3.05) is 32.8 Å². The summed E-state index contributed by atoms with van der Waals surface area (Å²) >= 11 is 1.30. The van der Waals surface area contributed by atoms with Crippen LogP contribution in [-0.2, 0) is 19.1 Å². The molecule has 0 saturated heterocycles. The van der Waals surface area contributed by atoms with Crippen LogP contribution in [0.15, 0.2) is 78.9 Å². The summed E-state index contributed by atoms with van der Waals surface area (Å²) in [4.78, 5) is 27.5. The first-order valence-corrected chi connectivity index (χ1v) is 15.7. The van der Waals surface area contributed by atoms with E-state index in [0.29, 0.717) is 17.9 Å². The number of ether oxygens (including phenoxy) is 5. The highest BCUT2D eigenvalue weighted by molar-refractivity contribution is 8.14. The summed E-state index contributed by atoms with van der Waals surface area (Å²) in [6.45, 7) is 10.0. The van der Waals surface area contributed by atoms with Crippen molar-refractivity contribution in [2.24, 2.45) is 0 Å². The molecular formula is C35H45NO7S. The fraction of sp³-hybridized carbons (Fsp3) is 0.429. The van der Waals surface area contributed by atoms with E-state index in [2.05, 4.69) is 5.32 Å². The molecule has 0 fully saturated rings. The molecule has 1 N–H and O–H groups in total. The zero-order chi connectivity index (χ0) is 32.2. The van der Waals surface area contributed by atoms with E-state index < -0.39 is 17.7 Å². The number of methoxy groups -OCH3 is 2. The molecule has 0 amide bonds. The van der Waals surface area contributed by atoms with Gasteiger partial charge in [0.15, 0.2) is 5.12 Å². The Bertz CT molecular complexity index is 1300. The molecule has 0 aromatic heterocycles. The lowest BCUT2D eigenvalue weighted by molar-refractivity contribution is -0.250. The number of nitrogens with one attached hydrogen (secondary N) is 1. The molecule has 8 nitrogen and oxygen atoms in total. The molecule has 0 aliphatic carbocycles. The van der Waals surface area contributed by atoms with Gasteiger partial charge >= 0.3 is 5.97 Å². The highest BCUT2D eigenvalue weighted by Crippen LogP contribution is 2.40. The maximum Gasteiger partial charge on any atom is 0.372 e. The second-order valence-corrected chi connectivity index (χ2v) is 13.0. The lowest BCUT2D eigenvalue weighted by Gasteiger charge is -2.39. The Morgan fingerprint density at radius 2 is 1.30 bits per heavy atom. The Balaban J connectivity index is 2.07. The quantitative estimate of drug-likeness (QED) is 0.0990. The van der Waals surface area contributed by atoms with Crippen molar-refractivity contribution < 1.29 is 33.3 Å². The molecule has 0 unspecified atom stereocenters. The van der Waals surface area contributed by atoms with Crippen molar-refractivity contribution in [3.63, 3.8) is 0 Å². The molecule has 0 aliphatic heterocycles. The van der Waals surface area contributed by atoms with E-state index >= 15 is 0 Å². The highest BCUT2D eigenvalue weighted by atomic mass is 32.2. The van der Waals surface area contributed by atoms with E-state index in [1.807, 2.05) is 89.2 Å². The topological polar surface area (TPSA) is 92.3 Å². The van der Waals surface area contributed by atoms with Crippen LogP contribution < -0.4 is 19.5 Å². The second-order valence-electron chi connectivity index (χ2n) is 11.2. The fourth-order valence-corrected chi connectivity index (χ4v) is 5.90. The van der Waals surface area contributed by atoms with Crippen LogP contribution in [0.2, 0.25) is 0 Å². The molecule has 3 aromatic carbocycles. The molecule has 0 radical (unpaired) electrons. The second kappa shape index (κ2) is 16.5. The van der Waals surface area contributed by atoms with E-state index in [4.69, 9.17) is 23.7 Å². The van der Waals surface area contributed by atoms with Crippen molar-refractivity contribution in [3.05, 3.63) is 84.4 Å². The third kappa shape index (κ3) is 10.0. The van der Waals surface area contributed by atoms with Crippen molar-refractivity contribution in [2.45, 2.75) is 70.0 Å². The number of carbonyl (C=O) groups excluding carboxylic acids is 2. The van der Waals surface area contributed by atoms with Gasteiger partial charge in [0, 0.05) is 36.1 Å². The minimum absolute atomic E-state index is 0.0366. The Morgan fingerprint density at radius 1 is 0.773 bits per heavy atom. The molecule has 44 heavy (non-hydrogen) atoms. The SMILES string of the molecule is CCOC(OCC)(C(=O)Oc1ccc(OC)cc1)[C@@H](C[C@H](CC(=O)SC(C)(C)C)Nc1ccc(OC)cc1)c1ccccc1. The van der Waals surface area contributed by atoms with Crippen molar-refractivity contribution in [1.82, 2.24) is 0 Å². The molecule has 0 spiro atoms. The minimum atomic E-state index is -1.80. The number of hydrogen-bond donors (Lipinski definition) is 1. The first-order valence-electron chi connectivity index (χ1n) is 14.8. The summed E-state index contributed by atoms with van der Waals surface area (Å²) in [5.74, 6) is -1.43. The number of anilines is 1. The average Bonchev–Trinajstić information content (AvgIpc) is 3.00. The largest absolute Gasteiger partial charge is 0.497 e. The maximum absolute atomic E-state index is 14.2. The van der Waals surface area contributed by atoms with E-state index in [1.165, 1.54) is 11.8 Å². The number of rotatable bonds is 16. The molecule has 0 aliphatic rings. The van der Waals surface area contributed by atoms with E-state index in [-0.39, 0.29) is 35.5 Å². The first kappa shape index (κ1) is 35.0. The van der Waals surface area contributed by atoms with Gasteiger partial charge in [-0.15, -0.1) is 0 Å². The van der Waals surface area contributed by atoms with Crippen molar-refractivity contribution >= 4 is 28.5 Å². The summed E-state index contributed by atoms with van der Waals surface area (Å²) in [6.07, 6.45) is 0.531. The van der Waals surface area contributed by atoms with Crippen LogP contribution in [0.1, 0.15) is 58.9 Å². The van der Waals surface area contributed by atoms with Crippen molar-refractivity contribution in [1.29, 1.82) is 0 Å². The van der Waals surface area contributed by atoms with E-state index in [1.54, 1.807) is 38.5 Å². The van der Waals surface area contributed by atoms with Crippen LogP contribution in [0, 0.1) is 0 Å². The van der Waals surface area contributed by atoms with E-state index in [0.717, 1.165) is 17.0 Å². The van der Waals surface area contributed by atoms with Gasteiger partial charge in [-0.05, 0) is 74.4 Å². The van der Waals surface area contributed by atoms with Crippen LogP contribution >= 0.6 is 11.8 Å². The van der Waals surface area contributed by atoms with Gasteiger partial charge in [0.05, 0.1) is 20.1 Å². The monoisotopic (exact) mass is 623 g/mol. The Morgan fingerprint density at radius 3 is 1.80 bits per heavy atom. The molecule has 0 saturated carbocycles. The molecule has 9 heteroatoms. The number of hydrogen-bond acceptors (Lipinski definition) is 9. The van der Waals surface area contributed by atoms with Gasteiger partial charge in [-0.3, -0.25) is 4.79 Å². The van der Waals surface area contributed by atoms with Gasteiger partial charge in [0.2, 0.25) is 0 Å². The molecule has 238 valence electrons. The lowest BCUT2D eigenvalue weighted by Crippen LogP contribution is -2.53. The zero-order valence-corrected chi connectivity index (χ0v) is 27.6. The molecule has 0 bridgehead atoms. The van der Waals surface area contributed by atoms with Gasteiger partial charge in [0.25, 0.3) is 5.79 Å². The van der Waals surface area contributed by atoms with E-state index in [9.17, 15) is 9.59 Å². The summed E-state index contributed by atoms with van der Waals surface area (Å²) in [5.41, 5.74) is 1.63. The number of esters is 1. The highest BCUT2D eigenvalue weighted by Gasteiger charge is 2.51. The third-order valence-corrected chi connectivity index (χ3v) is 7.75. The molecule has 2 atom stereocenters. The smallest absolute Gasteiger partial charge is 0.372 e. The molecule has 3 aromatic rings. The molecular weight excluding hydrogens is 578 g/mol. The van der Waals surface area contributed by atoms with Crippen LogP contribution in [-0.4, -0.2) is 55.1 Å². The normalized spacial score (nSPS) is 13.1. The predicted octanol–water partition coefficient (Wildman–Crippen LogP) is 7.48. The van der Waals surface area contributed by atoms with Crippen molar-refractivity contribution in [3.8, 4) is 17.2 Å². The van der Waals surface area contributed by atoms with Gasteiger partial charge in [0.1, 0.15) is 17.2 Å². The van der Waals surface area contributed by atoms with Crippen LogP contribution in [0.4, 0.5) is 5.69 Å². The van der Waals surface area contributed by atoms with Crippen LogP contribution in [0.3, 0.4) is 0 Å². The van der Waals surface area contributed by atoms with Gasteiger partial charge in [-0.2, -0.15) is 0 Å². The zero-order valence-electron chi connectivity index (χ0n) is 26.8. The minimum Gasteiger partial charge on any atom is -0.497 e. The van der Waals surface area contributed by atoms with Crippen LogP contribution in [0.5, 0.6) is 17.2 Å². The third-order valence-electron chi connectivity index (χ3n) is 6.75. The Kier molecular flexibility index (Phi) is 13.1. The van der Waals surface area contributed by atoms with Crippen LogP contribution in [0.25, 0.3) is 0 Å². The van der Waals surface area contributed by atoms with Gasteiger partial charge < -0.3 is 29.0 Å². The standard InChI is InChI=1S/C35H45NO7S/c1-8-41-35(42-9-2,33(38)43-30-21-19-29(40-7)20-22-30)31(25-13-11-10-12-14-25)23-27(24-32(37)44-34(3,4)5)36-26-15-17-28(39-6)18-16-26/h10-22,27,31,36H,8-9,23-24H2,1-7H3/t27-,31+/m1/s1. The number of carbonyl (C=O) groups is 2. The Hall–Kier alpha value is -3.53. The van der Waals surface area contributed by atoms with Gasteiger partial charge in [-0.1, -0.05) is 62.9 Å². The maximum atomic E-state index is 14.2. The molecule has 3 rings (SSSR count). The average molecular weight is 624 g/mol. The number of benzene rings is 3. The summed E-state index contributed by atoms with van der Waals surface area (Å²) < 4.78 is 28.8. The lowest BCUT2D eigenvalue weighted by atomic mass is 9.83. The summed E-state index contributed by atoms with van der Waals surface area (Å²) in [7, 11) is 3.19. The number of thioether (sulfide) groups is 1. The van der Waals surface area contributed by atoms with Gasteiger partial charge in [-0.25, -0.2) is 4.79 Å². The summed E-state index contributed by atoms with van der Waals surface area (Å²) in [5, 5.41) is 3.57. The first-order chi connectivity index (χ1) is 21.0. The summed E-state index contributed by atoms with van der Waals surface area (Å²) in [6, 6.07) is 23.5.